The Balaban J connectivity index is 1.23. The molecule has 0 saturated carbocycles. The average molecular weight is 393 g/mol. The quantitative estimate of drug-likeness (QED) is 0.781. The predicted molar refractivity (Wildman–Crippen MR) is 110 cm³/mol. The molecule has 1 unspecified atom stereocenters. The van der Waals surface area contributed by atoms with Crippen LogP contribution in [0.2, 0.25) is 0 Å². The molecule has 2 aromatic rings. The average Bonchev–Trinajstić information content (AvgIpc) is 3.01. The van der Waals surface area contributed by atoms with E-state index in [4.69, 9.17) is 9.47 Å². The molecule has 3 saturated heterocycles. The molecule has 152 valence electrons. The van der Waals surface area contributed by atoms with Crippen molar-refractivity contribution in [2.45, 2.75) is 24.7 Å². The van der Waals surface area contributed by atoms with Crippen molar-refractivity contribution in [2.75, 3.05) is 39.8 Å². The lowest BCUT2D eigenvalue weighted by Crippen LogP contribution is -2.70. The Labute approximate surface area is 171 Å². The number of rotatable bonds is 5. The molecule has 3 fully saturated rings. The number of ether oxygens (including phenoxy) is 2. The summed E-state index contributed by atoms with van der Waals surface area (Å²) in [5, 5.41) is 0. The topological polar surface area (TPSA) is 45.3 Å². The van der Waals surface area contributed by atoms with Crippen molar-refractivity contribution in [2.24, 2.45) is 0 Å². The van der Waals surface area contributed by atoms with Crippen molar-refractivity contribution in [3.8, 4) is 5.75 Å². The Hall–Kier alpha value is -2.57. The molecular formula is C23H27N3O3. The highest BCUT2D eigenvalue weighted by Crippen LogP contribution is 2.40. The van der Waals surface area contributed by atoms with E-state index < -0.39 is 0 Å². The van der Waals surface area contributed by atoms with E-state index in [1.54, 1.807) is 7.11 Å². The fourth-order valence-electron chi connectivity index (χ4n) is 4.88. The van der Waals surface area contributed by atoms with Gasteiger partial charge in [-0.2, -0.15) is 0 Å². The van der Waals surface area contributed by atoms with E-state index in [2.05, 4.69) is 46.2 Å². The second kappa shape index (κ2) is 7.35. The van der Waals surface area contributed by atoms with Gasteiger partial charge in [-0.3, -0.25) is 14.7 Å². The predicted octanol–water partition coefficient (Wildman–Crippen LogP) is 2.59. The Morgan fingerprint density at radius 1 is 0.966 bits per heavy atom. The highest BCUT2D eigenvalue weighted by Gasteiger charge is 2.61. The first-order valence-corrected chi connectivity index (χ1v) is 10.3. The van der Waals surface area contributed by atoms with Crippen LogP contribution in [-0.4, -0.2) is 72.3 Å². The number of amides is 1. The van der Waals surface area contributed by atoms with Crippen molar-refractivity contribution in [1.29, 1.82) is 0 Å². The summed E-state index contributed by atoms with van der Waals surface area (Å²) >= 11 is 0. The summed E-state index contributed by atoms with van der Waals surface area (Å²) in [6.07, 6.45) is -0.140. The van der Waals surface area contributed by atoms with E-state index in [1.807, 2.05) is 23.1 Å². The molecular weight excluding hydrogens is 366 g/mol. The van der Waals surface area contributed by atoms with E-state index in [0.717, 1.165) is 51.6 Å². The van der Waals surface area contributed by atoms with Gasteiger partial charge in [-0.1, -0.05) is 42.5 Å². The smallest absolute Gasteiger partial charge is 0.410 e. The van der Waals surface area contributed by atoms with Gasteiger partial charge in [0.15, 0.2) is 5.60 Å². The fraction of sp³-hybridized carbons (Fsp3) is 0.435. The molecule has 0 N–H and O–H groups in total. The van der Waals surface area contributed by atoms with Crippen LogP contribution in [0.1, 0.15) is 11.1 Å². The molecule has 3 aliphatic rings. The van der Waals surface area contributed by atoms with E-state index in [9.17, 15) is 4.79 Å². The van der Waals surface area contributed by atoms with Crippen molar-refractivity contribution < 1.29 is 14.3 Å². The second-order valence-electron chi connectivity index (χ2n) is 8.36. The van der Waals surface area contributed by atoms with Crippen LogP contribution in [0.4, 0.5) is 4.79 Å². The summed E-state index contributed by atoms with van der Waals surface area (Å²) in [6, 6.07) is 18.9. The lowest BCUT2D eigenvalue weighted by atomic mass is 9.84. The van der Waals surface area contributed by atoms with Crippen LogP contribution in [0.25, 0.3) is 0 Å². The van der Waals surface area contributed by atoms with E-state index in [0.29, 0.717) is 0 Å². The number of fused-ring (bicyclic) bond motifs is 2. The zero-order valence-electron chi connectivity index (χ0n) is 16.8. The number of nitrogens with zero attached hydrogens (tertiary/aromatic N) is 3. The van der Waals surface area contributed by atoms with Crippen molar-refractivity contribution >= 4 is 6.09 Å². The van der Waals surface area contributed by atoms with Crippen LogP contribution >= 0.6 is 0 Å². The van der Waals surface area contributed by atoms with E-state index >= 15 is 0 Å². The molecule has 0 aliphatic carbocycles. The van der Waals surface area contributed by atoms with Gasteiger partial charge in [0.1, 0.15) is 5.75 Å². The van der Waals surface area contributed by atoms with Gasteiger partial charge in [0, 0.05) is 45.8 Å². The molecule has 0 bridgehead atoms. The summed E-state index contributed by atoms with van der Waals surface area (Å²) in [7, 11) is 1.68. The number of likely N-dealkylation sites (tertiary alicyclic amines) is 1. The third-order valence-electron chi connectivity index (χ3n) is 6.39. The van der Waals surface area contributed by atoms with Gasteiger partial charge in [-0.05, 0) is 23.3 Å². The number of carbonyl (C=O) groups is 1. The molecule has 3 aliphatic heterocycles. The van der Waals surface area contributed by atoms with Gasteiger partial charge >= 0.3 is 6.09 Å². The molecule has 0 aromatic heterocycles. The van der Waals surface area contributed by atoms with Crippen LogP contribution in [0.3, 0.4) is 0 Å². The summed E-state index contributed by atoms with van der Waals surface area (Å²) in [5.41, 5.74) is 2.20. The molecule has 6 nitrogen and oxygen atoms in total. The third-order valence-corrected chi connectivity index (χ3v) is 6.39. The molecule has 6 heteroatoms. The summed E-state index contributed by atoms with van der Waals surface area (Å²) < 4.78 is 11.2. The number of hydrogen-bond acceptors (Lipinski definition) is 5. The molecule has 5 rings (SSSR count). The third kappa shape index (κ3) is 3.47. The lowest BCUT2D eigenvalue weighted by Gasteiger charge is -2.51. The van der Waals surface area contributed by atoms with E-state index in [1.165, 1.54) is 11.1 Å². The molecule has 0 radical (unpaired) electrons. The number of hydrogen-bond donors (Lipinski definition) is 0. The first-order chi connectivity index (χ1) is 14.1. The summed E-state index contributed by atoms with van der Waals surface area (Å²) in [4.78, 5) is 19.2. The van der Waals surface area contributed by atoms with Crippen LogP contribution in [0.5, 0.6) is 5.75 Å². The lowest BCUT2D eigenvalue weighted by molar-refractivity contribution is -0.107. The standard InChI is InChI=1S/C23H27N3O3/c1-28-20-9-7-19(8-10-20)14-25-16-23(17-25)21-15-24(11-12-26(21)22(27)29-23)13-18-5-3-2-4-6-18/h2-10,21H,11-17H2,1H3. The van der Waals surface area contributed by atoms with Gasteiger partial charge in [0.05, 0.1) is 13.2 Å². The van der Waals surface area contributed by atoms with Crippen LogP contribution in [-0.2, 0) is 17.8 Å². The Kier molecular flexibility index (Phi) is 4.68. The molecule has 1 spiro atoms. The zero-order valence-corrected chi connectivity index (χ0v) is 16.8. The maximum Gasteiger partial charge on any atom is 0.410 e. The minimum Gasteiger partial charge on any atom is -0.497 e. The first-order valence-electron chi connectivity index (χ1n) is 10.3. The maximum absolute atomic E-state index is 12.5. The number of piperazine rings is 1. The van der Waals surface area contributed by atoms with Gasteiger partial charge < -0.3 is 9.47 Å². The van der Waals surface area contributed by atoms with Gasteiger partial charge in [0.25, 0.3) is 0 Å². The van der Waals surface area contributed by atoms with Crippen molar-refractivity contribution in [3.05, 3.63) is 65.7 Å². The maximum atomic E-state index is 12.5. The Morgan fingerprint density at radius 3 is 2.38 bits per heavy atom. The van der Waals surface area contributed by atoms with Gasteiger partial charge in [-0.25, -0.2) is 4.79 Å². The highest BCUT2D eigenvalue weighted by molar-refractivity contribution is 5.72. The monoisotopic (exact) mass is 393 g/mol. The van der Waals surface area contributed by atoms with Crippen molar-refractivity contribution in [3.63, 3.8) is 0 Å². The normalized spacial score (nSPS) is 23.6. The van der Waals surface area contributed by atoms with Crippen molar-refractivity contribution in [1.82, 2.24) is 14.7 Å². The van der Waals surface area contributed by atoms with Gasteiger partial charge in [0.2, 0.25) is 0 Å². The minimum absolute atomic E-state index is 0.138. The van der Waals surface area contributed by atoms with Crippen LogP contribution in [0, 0.1) is 0 Å². The zero-order chi connectivity index (χ0) is 19.8. The molecule has 29 heavy (non-hydrogen) atoms. The highest BCUT2D eigenvalue weighted by atomic mass is 16.6. The van der Waals surface area contributed by atoms with Gasteiger partial charge in [-0.15, -0.1) is 0 Å². The SMILES string of the molecule is COc1ccc(CN2CC3(C2)OC(=O)N2CCN(Cc4ccccc4)CC23)cc1. The minimum atomic E-state index is -0.362. The molecule has 1 atom stereocenters. The first kappa shape index (κ1) is 18.5. The summed E-state index contributed by atoms with van der Waals surface area (Å²) in [6.45, 7) is 5.89. The summed E-state index contributed by atoms with van der Waals surface area (Å²) in [5.74, 6) is 0.870. The van der Waals surface area contributed by atoms with E-state index in [-0.39, 0.29) is 17.7 Å². The molecule has 2 aromatic carbocycles. The van der Waals surface area contributed by atoms with Crippen LogP contribution in [0.15, 0.2) is 54.6 Å². The largest absolute Gasteiger partial charge is 0.497 e. The molecule has 3 heterocycles. The number of benzene rings is 2. The fourth-order valence-corrected chi connectivity index (χ4v) is 4.88. The second-order valence-corrected chi connectivity index (χ2v) is 8.36. The molecule has 1 amide bonds. The van der Waals surface area contributed by atoms with Crippen LogP contribution < -0.4 is 4.74 Å². The Bertz CT molecular complexity index is 865. The number of carbonyl (C=O) groups excluding carboxylic acids is 1. The Morgan fingerprint density at radius 2 is 1.66 bits per heavy atom. The number of methoxy groups -OCH3 is 1.